The van der Waals surface area contributed by atoms with Crippen LogP contribution >= 0.6 is 15.9 Å². The molecule has 2 heterocycles. The topological polar surface area (TPSA) is 120 Å². The summed E-state index contributed by atoms with van der Waals surface area (Å²) in [5.74, 6) is 0.961. The standard InChI is InChI=1S/C26H24N2O4.C18H15BrO3/c1-28-23-8-6-18(10-20(23)15-27-28)22-13-19(7-9-26(30)31)24(29)14-25(22)32-21-11-16-4-2-3-5-17(16)12-21;19-15-9-13-5-6-18(20)22-16(13)10-17(15)21-14-7-11-3-1-2-4-12(11)8-14/h2-6,8,10,13-15,21,29H,7,9,11-12H2,1H3,(H,30,31);1-4,9-10,14H,5-8H2. The fraction of sp³-hybridized carbons (Fsp3) is 0.250. The number of esters is 1. The first kappa shape index (κ1) is 35.4. The number of rotatable bonds is 8. The molecule has 1 aliphatic heterocycles. The van der Waals surface area contributed by atoms with Crippen LogP contribution in [-0.2, 0) is 55.2 Å². The van der Waals surface area contributed by atoms with Crippen LogP contribution in [0, 0.1) is 0 Å². The molecular formula is C44H39BrN2O7. The molecule has 9 rings (SSSR count). The molecule has 0 saturated heterocycles. The average molecular weight is 788 g/mol. The predicted octanol–water partition coefficient (Wildman–Crippen LogP) is 8.36. The third-order valence-corrected chi connectivity index (χ3v) is 11.0. The van der Waals surface area contributed by atoms with Gasteiger partial charge in [-0.05, 0) is 92.0 Å². The summed E-state index contributed by atoms with van der Waals surface area (Å²) in [6.07, 6.45) is 6.77. The number of carbonyl (C=O) groups is 2. The molecule has 0 spiro atoms. The van der Waals surface area contributed by atoms with Gasteiger partial charge in [-0.25, -0.2) is 0 Å². The van der Waals surface area contributed by atoms with E-state index in [2.05, 4.69) is 57.4 Å². The highest BCUT2D eigenvalue weighted by molar-refractivity contribution is 9.10. The summed E-state index contributed by atoms with van der Waals surface area (Å²) in [6.45, 7) is 0. The number of aliphatic carboxylic acids is 1. The van der Waals surface area contributed by atoms with Gasteiger partial charge in [0.15, 0.2) is 0 Å². The summed E-state index contributed by atoms with van der Waals surface area (Å²) in [5, 5.41) is 25.0. The second-order valence-electron chi connectivity index (χ2n) is 14.1. The Morgan fingerprint density at radius 3 is 2.09 bits per heavy atom. The van der Waals surface area contributed by atoms with Gasteiger partial charge >= 0.3 is 11.9 Å². The maximum atomic E-state index is 11.4. The second kappa shape index (κ2) is 15.0. The van der Waals surface area contributed by atoms with E-state index in [-0.39, 0.29) is 36.8 Å². The van der Waals surface area contributed by atoms with Crippen molar-refractivity contribution in [2.24, 2.45) is 7.05 Å². The van der Waals surface area contributed by atoms with Crippen molar-refractivity contribution < 1.29 is 34.0 Å². The molecule has 0 bridgehead atoms. The quantitative estimate of drug-likeness (QED) is 0.117. The lowest BCUT2D eigenvalue weighted by atomic mass is 9.98. The number of phenols is 1. The molecule has 0 saturated carbocycles. The number of aromatic nitrogens is 2. The van der Waals surface area contributed by atoms with E-state index in [9.17, 15) is 14.7 Å². The third kappa shape index (κ3) is 7.57. The van der Waals surface area contributed by atoms with Crippen LogP contribution in [0.4, 0.5) is 0 Å². The second-order valence-corrected chi connectivity index (χ2v) is 15.0. The number of aryl methyl sites for hydroxylation is 3. The first-order valence-corrected chi connectivity index (χ1v) is 19.0. The SMILES string of the molecule is Cn1ncc2cc(-c3cc(CCC(=O)O)c(O)cc3OC3Cc4ccccc4C3)ccc21.O=C1CCc2cc(Br)c(OC3Cc4ccccc4C3)cc2O1. The minimum absolute atomic E-state index is 0.0162. The molecule has 3 aliphatic rings. The summed E-state index contributed by atoms with van der Waals surface area (Å²) in [6, 6.07) is 30.2. The summed E-state index contributed by atoms with van der Waals surface area (Å²) in [5.41, 5.74) is 9.73. The van der Waals surface area contributed by atoms with Gasteiger partial charge in [0.05, 0.1) is 22.6 Å². The number of ether oxygens (including phenoxy) is 3. The van der Waals surface area contributed by atoms with E-state index in [1.54, 1.807) is 6.07 Å². The molecule has 274 valence electrons. The van der Waals surface area contributed by atoms with Crippen molar-refractivity contribution in [3.05, 3.63) is 135 Å². The maximum absolute atomic E-state index is 11.4. The smallest absolute Gasteiger partial charge is 0.311 e. The van der Waals surface area contributed by atoms with Crippen LogP contribution in [0.25, 0.3) is 22.0 Å². The van der Waals surface area contributed by atoms with Gasteiger partial charge in [0.2, 0.25) is 0 Å². The summed E-state index contributed by atoms with van der Waals surface area (Å²) in [4.78, 5) is 22.5. The highest BCUT2D eigenvalue weighted by atomic mass is 79.9. The zero-order chi connectivity index (χ0) is 37.3. The maximum Gasteiger partial charge on any atom is 0.311 e. The van der Waals surface area contributed by atoms with Gasteiger partial charge in [0, 0.05) is 62.2 Å². The number of hydrogen-bond donors (Lipinski definition) is 2. The van der Waals surface area contributed by atoms with Crippen molar-refractivity contribution in [1.29, 1.82) is 0 Å². The fourth-order valence-electron chi connectivity index (χ4n) is 7.64. The molecule has 0 radical (unpaired) electrons. The minimum Gasteiger partial charge on any atom is -0.508 e. The Morgan fingerprint density at radius 1 is 0.833 bits per heavy atom. The van der Waals surface area contributed by atoms with Crippen molar-refractivity contribution in [1.82, 2.24) is 9.78 Å². The van der Waals surface area contributed by atoms with Crippen LogP contribution < -0.4 is 14.2 Å². The number of carboxylic acid groups (broad SMARTS) is 1. The predicted molar refractivity (Wildman–Crippen MR) is 208 cm³/mol. The molecule has 6 aromatic rings. The Morgan fingerprint density at radius 2 is 1.46 bits per heavy atom. The molecule has 0 fully saturated rings. The molecular weight excluding hydrogens is 748 g/mol. The molecule has 1 aromatic heterocycles. The lowest BCUT2D eigenvalue weighted by Crippen LogP contribution is -2.18. The molecule has 0 unspecified atom stereocenters. The summed E-state index contributed by atoms with van der Waals surface area (Å²) >= 11 is 3.57. The molecule has 2 aliphatic carbocycles. The van der Waals surface area contributed by atoms with Crippen LogP contribution in [-0.4, -0.2) is 44.1 Å². The van der Waals surface area contributed by atoms with Crippen LogP contribution in [0.5, 0.6) is 23.0 Å². The van der Waals surface area contributed by atoms with Crippen molar-refractivity contribution in [3.8, 4) is 34.1 Å². The zero-order valence-corrected chi connectivity index (χ0v) is 31.3. The number of hydrogen-bond acceptors (Lipinski definition) is 7. The van der Waals surface area contributed by atoms with Crippen LogP contribution in [0.2, 0.25) is 0 Å². The molecule has 5 aromatic carbocycles. The molecule has 9 nitrogen and oxygen atoms in total. The van der Waals surface area contributed by atoms with Crippen LogP contribution in [0.3, 0.4) is 0 Å². The van der Waals surface area contributed by atoms with Gasteiger partial charge in [-0.3, -0.25) is 14.3 Å². The number of halogens is 1. The lowest BCUT2D eigenvalue weighted by molar-refractivity contribution is -0.137. The number of carboxylic acids is 1. The lowest BCUT2D eigenvalue weighted by Gasteiger charge is -2.20. The van der Waals surface area contributed by atoms with Crippen molar-refractivity contribution in [3.63, 3.8) is 0 Å². The Labute approximate surface area is 321 Å². The van der Waals surface area contributed by atoms with E-state index in [0.717, 1.165) is 69.9 Å². The third-order valence-electron chi connectivity index (χ3n) is 10.4. The number of fused-ring (bicyclic) bond motifs is 4. The van der Waals surface area contributed by atoms with Crippen LogP contribution in [0.15, 0.2) is 102 Å². The first-order valence-electron chi connectivity index (χ1n) is 18.2. The molecule has 54 heavy (non-hydrogen) atoms. The minimum atomic E-state index is -0.897. The van der Waals surface area contributed by atoms with Crippen molar-refractivity contribution >= 4 is 38.8 Å². The normalized spacial score (nSPS) is 14.8. The van der Waals surface area contributed by atoms with Crippen molar-refractivity contribution in [2.45, 2.75) is 63.6 Å². The van der Waals surface area contributed by atoms with Gasteiger partial charge < -0.3 is 24.4 Å². The van der Waals surface area contributed by atoms with E-state index in [1.165, 1.54) is 22.3 Å². The van der Waals surface area contributed by atoms with E-state index in [4.69, 9.17) is 19.3 Å². The Bertz CT molecular complexity index is 2350. The van der Waals surface area contributed by atoms with Gasteiger partial charge in [-0.15, -0.1) is 0 Å². The highest BCUT2D eigenvalue weighted by Gasteiger charge is 2.26. The van der Waals surface area contributed by atoms with Gasteiger partial charge in [-0.1, -0.05) is 54.6 Å². The molecule has 0 atom stereocenters. The monoisotopic (exact) mass is 786 g/mol. The largest absolute Gasteiger partial charge is 0.508 e. The number of phenolic OH excluding ortho intramolecular Hbond substituents is 1. The molecule has 10 heteroatoms. The van der Waals surface area contributed by atoms with E-state index < -0.39 is 5.97 Å². The number of nitrogens with zero attached hydrogens (tertiary/aromatic N) is 2. The van der Waals surface area contributed by atoms with Gasteiger partial charge in [0.1, 0.15) is 35.2 Å². The zero-order valence-electron chi connectivity index (χ0n) is 29.8. The summed E-state index contributed by atoms with van der Waals surface area (Å²) in [7, 11) is 1.90. The number of carbonyl (C=O) groups excluding carboxylic acids is 1. The number of benzene rings is 5. The van der Waals surface area contributed by atoms with Gasteiger partial charge in [-0.2, -0.15) is 5.10 Å². The Balaban J connectivity index is 0.000000164. The van der Waals surface area contributed by atoms with E-state index in [0.29, 0.717) is 23.5 Å². The summed E-state index contributed by atoms with van der Waals surface area (Å²) < 4.78 is 20.6. The Kier molecular flexibility index (Phi) is 9.86. The highest BCUT2D eigenvalue weighted by Crippen LogP contribution is 2.40. The average Bonchev–Trinajstić information content (AvgIpc) is 3.87. The fourth-order valence-corrected chi connectivity index (χ4v) is 8.12. The van der Waals surface area contributed by atoms with E-state index >= 15 is 0 Å². The van der Waals surface area contributed by atoms with Crippen molar-refractivity contribution in [2.75, 3.05) is 0 Å². The Hall–Kier alpha value is -5.61. The van der Waals surface area contributed by atoms with E-state index in [1.807, 2.05) is 66.5 Å². The number of aromatic hydroxyl groups is 1. The molecule has 0 amide bonds. The van der Waals surface area contributed by atoms with Crippen LogP contribution in [0.1, 0.15) is 46.2 Å². The van der Waals surface area contributed by atoms with Gasteiger partial charge in [0.25, 0.3) is 0 Å². The molecule has 2 N–H and O–H groups in total. The first-order chi connectivity index (χ1) is 26.2.